The second-order valence-electron chi connectivity index (χ2n) is 7.61. The van der Waals surface area contributed by atoms with Crippen molar-refractivity contribution < 1.29 is 31.3 Å². The molecular weight excluding hydrogens is 374 g/mol. The molecule has 1 heterocycles. The molecule has 0 unspecified atom stereocenters. The lowest BCUT2D eigenvalue weighted by Gasteiger charge is -2.53. The van der Waals surface area contributed by atoms with E-state index in [1.54, 1.807) is 0 Å². The van der Waals surface area contributed by atoms with Crippen LogP contribution >= 0.6 is 11.8 Å². The van der Waals surface area contributed by atoms with Crippen molar-refractivity contribution in [3.05, 3.63) is 0 Å². The first kappa shape index (κ1) is 19.4. The first-order chi connectivity index (χ1) is 11.7. The molecular formula is C16H24F2O5S2. The SMILES string of the molecule is C1CCSC1.O=C(OC1C2CC3CC(C2)CC1C3)C(F)(F)S(=O)(=O)O. The van der Waals surface area contributed by atoms with Crippen molar-refractivity contribution in [3.8, 4) is 0 Å². The fraction of sp³-hybridized carbons (Fsp3) is 0.938. The van der Waals surface area contributed by atoms with E-state index in [9.17, 15) is 22.0 Å². The summed E-state index contributed by atoms with van der Waals surface area (Å²) in [6, 6.07) is 0. The number of carbonyl (C=O) groups is 1. The van der Waals surface area contributed by atoms with E-state index in [0.717, 1.165) is 32.1 Å². The number of hydrogen-bond donors (Lipinski definition) is 1. The fourth-order valence-corrected chi connectivity index (χ4v) is 6.15. The van der Waals surface area contributed by atoms with Gasteiger partial charge in [-0.1, -0.05) is 0 Å². The molecule has 1 N–H and O–H groups in total. The molecule has 4 aliphatic carbocycles. The number of hydrogen-bond acceptors (Lipinski definition) is 5. The zero-order valence-corrected chi connectivity index (χ0v) is 15.5. The van der Waals surface area contributed by atoms with Crippen molar-refractivity contribution in [1.29, 1.82) is 0 Å². The molecule has 4 saturated carbocycles. The summed E-state index contributed by atoms with van der Waals surface area (Å²) in [4.78, 5) is 11.4. The van der Waals surface area contributed by atoms with Crippen molar-refractivity contribution in [1.82, 2.24) is 0 Å². The Morgan fingerprint density at radius 2 is 1.48 bits per heavy atom. The van der Waals surface area contributed by atoms with Gasteiger partial charge in [0.2, 0.25) is 0 Å². The second kappa shape index (κ2) is 7.31. The van der Waals surface area contributed by atoms with Gasteiger partial charge in [-0.15, -0.1) is 0 Å². The van der Waals surface area contributed by atoms with Gasteiger partial charge in [0.1, 0.15) is 6.10 Å². The Morgan fingerprint density at radius 3 is 1.84 bits per heavy atom. The predicted octanol–water partition coefficient (Wildman–Crippen LogP) is 3.35. The van der Waals surface area contributed by atoms with Crippen LogP contribution in [0.4, 0.5) is 8.78 Å². The molecule has 1 aliphatic heterocycles. The van der Waals surface area contributed by atoms with Gasteiger partial charge in [-0.25, -0.2) is 4.79 Å². The predicted molar refractivity (Wildman–Crippen MR) is 90.0 cm³/mol. The van der Waals surface area contributed by atoms with Crippen LogP contribution in [0.2, 0.25) is 0 Å². The highest BCUT2D eigenvalue weighted by molar-refractivity contribution is 7.99. The maximum Gasteiger partial charge on any atom is 0.465 e. The maximum atomic E-state index is 13.2. The summed E-state index contributed by atoms with van der Waals surface area (Å²) in [6.45, 7) is 0. The Hall–Kier alpha value is -0.410. The Labute approximate surface area is 151 Å². The molecule has 4 bridgehead atoms. The zero-order chi connectivity index (χ0) is 18.2. The first-order valence-electron chi connectivity index (χ1n) is 8.82. The monoisotopic (exact) mass is 398 g/mol. The van der Waals surface area contributed by atoms with Crippen molar-refractivity contribution in [2.24, 2.45) is 23.7 Å². The molecule has 5 nitrogen and oxygen atoms in total. The van der Waals surface area contributed by atoms with E-state index in [4.69, 9.17) is 9.29 Å². The van der Waals surface area contributed by atoms with Gasteiger partial charge >= 0.3 is 21.3 Å². The van der Waals surface area contributed by atoms with Crippen LogP contribution in [0.5, 0.6) is 0 Å². The van der Waals surface area contributed by atoms with E-state index in [2.05, 4.69) is 11.8 Å². The Kier molecular flexibility index (Phi) is 5.66. The lowest BCUT2D eigenvalue weighted by molar-refractivity contribution is -0.186. The molecule has 5 aliphatic rings. The van der Waals surface area contributed by atoms with Crippen molar-refractivity contribution in [2.75, 3.05) is 11.5 Å². The van der Waals surface area contributed by atoms with Crippen LogP contribution in [0.15, 0.2) is 0 Å². The minimum atomic E-state index is -5.79. The van der Waals surface area contributed by atoms with Crippen LogP contribution in [-0.4, -0.2) is 41.8 Å². The molecule has 0 atom stereocenters. The van der Waals surface area contributed by atoms with E-state index >= 15 is 0 Å². The standard InChI is InChI=1S/C12H16F2O5S.C4H8S/c13-12(14,20(16,17)18)11(15)19-10-8-2-6-1-7(4-8)5-9(10)3-6;1-2-4-5-3-1/h6-10H,1-5H2,(H,16,17,18);1-4H2. The van der Waals surface area contributed by atoms with Gasteiger partial charge in [0.05, 0.1) is 0 Å². The number of ether oxygens (including phenoxy) is 1. The third kappa shape index (κ3) is 4.13. The summed E-state index contributed by atoms with van der Waals surface area (Å²) in [6.07, 6.45) is 6.85. The van der Waals surface area contributed by atoms with Crippen LogP contribution < -0.4 is 0 Å². The van der Waals surface area contributed by atoms with Gasteiger partial charge in [-0.05, 0) is 80.1 Å². The van der Waals surface area contributed by atoms with Crippen molar-refractivity contribution in [2.45, 2.75) is 56.3 Å². The summed E-state index contributed by atoms with van der Waals surface area (Å²) >= 11 is 2.07. The normalized spacial score (nSPS) is 36.7. The molecule has 9 heteroatoms. The summed E-state index contributed by atoms with van der Waals surface area (Å²) in [5.74, 6) is 1.93. The largest absolute Gasteiger partial charge is 0.465 e. The molecule has 0 aromatic rings. The van der Waals surface area contributed by atoms with Crippen molar-refractivity contribution in [3.63, 3.8) is 0 Å². The summed E-state index contributed by atoms with van der Waals surface area (Å²) in [7, 11) is -5.79. The van der Waals surface area contributed by atoms with E-state index < -0.39 is 27.4 Å². The summed E-state index contributed by atoms with van der Waals surface area (Å²) < 4.78 is 60.8. The van der Waals surface area contributed by atoms with Gasteiger partial charge in [-0.2, -0.15) is 29.0 Å². The van der Waals surface area contributed by atoms with Gasteiger partial charge in [0.25, 0.3) is 0 Å². The quantitative estimate of drug-likeness (QED) is 0.580. The molecule has 5 fully saturated rings. The van der Waals surface area contributed by atoms with E-state index in [0.29, 0.717) is 11.8 Å². The second-order valence-corrected chi connectivity index (χ2v) is 10.3. The Morgan fingerprint density at radius 1 is 1.00 bits per heavy atom. The van der Waals surface area contributed by atoms with E-state index in [1.165, 1.54) is 24.3 Å². The minimum Gasteiger partial charge on any atom is -0.456 e. The molecule has 25 heavy (non-hydrogen) atoms. The van der Waals surface area contributed by atoms with Gasteiger partial charge in [-0.3, -0.25) is 4.55 Å². The maximum absolute atomic E-state index is 13.2. The van der Waals surface area contributed by atoms with Crippen molar-refractivity contribution >= 4 is 27.8 Å². The molecule has 0 aromatic carbocycles. The van der Waals surface area contributed by atoms with Crippen LogP contribution in [0.1, 0.15) is 44.9 Å². The third-order valence-electron chi connectivity index (χ3n) is 5.77. The zero-order valence-electron chi connectivity index (χ0n) is 13.9. The average molecular weight is 398 g/mol. The number of rotatable bonds is 3. The average Bonchev–Trinajstić information content (AvgIpc) is 3.08. The highest BCUT2D eigenvalue weighted by atomic mass is 32.2. The Bertz CT molecular complexity index is 568. The van der Waals surface area contributed by atoms with Crippen LogP contribution in [0, 0.1) is 23.7 Å². The third-order valence-corrected chi connectivity index (χ3v) is 7.74. The molecule has 5 rings (SSSR count). The van der Waals surface area contributed by atoms with Gasteiger partial charge < -0.3 is 4.74 Å². The molecule has 0 aromatic heterocycles. The fourth-order valence-electron chi connectivity index (χ4n) is 4.88. The first-order valence-corrected chi connectivity index (χ1v) is 11.4. The minimum absolute atomic E-state index is 0.0485. The highest BCUT2D eigenvalue weighted by Gasteiger charge is 2.57. The molecule has 0 spiro atoms. The number of thioether (sulfide) groups is 1. The lowest BCUT2D eigenvalue weighted by Crippen LogP contribution is -2.52. The highest BCUT2D eigenvalue weighted by Crippen LogP contribution is 2.54. The lowest BCUT2D eigenvalue weighted by atomic mass is 9.55. The smallest absolute Gasteiger partial charge is 0.456 e. The van der Waals surface area contributed by atoms with Gasteiger partial charge in [0.15, 0.2) is 0 Å². The van der Waals surface area contributed by atoms with Gasteiger partial charge in [0, 0.05) is 0 Å². The topological polar surface area (TPSA) is 80.7 Å². The summed E-state index contributed by atoms with van der Waals surface area (Å²) in [5, 5.41) is -4.89. The number of carbonyl (C=O) groups excluding carboxylic acids is 1. The van der Waals surface area contributed by atoms with E-state index in [1.807, 2.05) is 0 Å². The van der Waals surface area contributed by atoms with Crippen LogP contribution in [0.25, 0.3) is 0 Å². The van der Waals surface area contributed by atoms with Crippen LogP contribution in [-0.2, 0) is 19.6 Å². The molecule has 0 amide bonds. The number of halogens is 2. The number of esters is 1. The Balaban J connectivity index is 0.000000314. The molecule has 0 radical (unpaired) electrons. The molecule has 144 valence electrons. The molecule has 1 saturated heterocycles. The summed E-state index contributed by atoms with van der Waals surface area (Å²) in [5.41, 5.74) is 0. The number of alkyl halides is 2. The van der Waals surface area contributed by atoms with E-state index in [-0.39, 0.29) is 11.8 Å². The van der Waals surface area contributed by atoms with Crippen LogP contribution in [0.3, 0.4) is 0 Å².